The minimum Gasteiger partial charge on any atom is -0.451 e. The molecule has 1 aliphatic rings. The van der Waals surface area contributed by atoms with Crippen molar-refractivity contribution in [2.24, 2.45) is 0 Å². The van der Waals surface area contributed by atoms with E-state index in [0.717, 1.165) is 47.6 Å². The van der Waals surface area contributed by atoms with Crippen LogP contribution in [0, 0.1) is 13.8 Å². The number of nitrogens with zero attached hydrogens (tertiary/aromatic N) is 5. The molecule has 0 spiro atoms. The van der Waals surface area contributed by atoms with E-state index in [9.17, 15) is 4.79 Å². The molecular weight excluding hydrogens is 374 g/mol. The molecule has 0 fully saturated rings. The maximum Gasteiger partial charge on any atom is 0.227 e. The van der Waals surface area contributed by atoms with E-state index in [-0.39, 0.29) is 12.3 Å². The number of amides is 1. The Morgan fingerprint density at radius 1 is 1.34 bits per heavy atom. The SMILES string of the molecule is COCCCn1nc(-c2cocn2)c2c1CCN(C(=O)Cc1c(C)noc1C)C2. The van der Waals surface area contributed by atoms with Gasteiger partial charge in [-0.2, -0.15) is 5.10 Å². The van der Waals surface area contributed by atoms with Crippen molar-refractivity contribution in [2.45, 2.75) is 46.2 Å². The van der Waals surface area contributed by atoms with Gasteiger partial charge in [0.25, 0.3) is 0 Å². The molecule has 0 N–H and O–H groups in total. The number of fused-ring (bicyclic) bond motifs is 1. The Bertz CT molecular complexity index is 970. The van der Waals surface area contributed by atoms with Gasteiger partial charge in [0.15, 0.2) is 6.39 Å². The number of hydrogen-bond acceptors (Lipinski definition) is 7. The lowest BCUT2D eigenvalue weighted by Gasteiger charge is -2.28. The van der Waals surface area contributed by atoms with Crippen LogP contribution >= 0.6 is 0 Å². The van der Waals surface area contributed by atoms with Gasteiger partial charge in [-0.3, -0.25) is 9.48 Å². The lowest BCUT2D eigenvalue weighted by atomic mass is 10.0. The van der Waals surface area contributed by atoms with Gasteiger partial charge in [-0.05, 0) is 20.3 Å². The molecule has 3 aromatic heterocycles. The number of rotatable bonds is 7. The highest BCUT2D eigenvalue weighted by atomic mass is 16.5. The van der Waals surface area contributed by atoms with Gasteiger partial charge in [0.05, 0.1) is 12.1 Å². The molecule has 1 amide bonds. The number of methoxy groups -OCH3 is 1. The Kier molecular flexibility index (Phi) is 5.48. The van der Waals surface area contributed by atoms with Gasteiger partial charge in [0.1, 0.15) is 23.4 Å². The van der Waals surface area contributed by atoms with Gasteiger partial charge in [-0.1, -0.05) is 5.16 Å². The van der Waals surface area contributed by atoms with E-state index in [1.165, 1.54) is 6.39 Å². The zero-order chi connectivity index (χ0) is 20.4. The molecule has 1 aliphatic heterocycles. The van der Waals surface area contributed by atoms with Crippen LogP contribution < -0.4 is 0 Å². The minimum absolute atomic E-state index is 0.0586. The first-order valence-electron chi connectivity index (χ1n) is 9.74. The third kappa shape index (κ3) is 3.82. The van der Waals surface area contributed by atoms with Crippen molar-refractivity contribution in [2.75, 3.05) is 20.3 Å². The van der Waals surface area contributed by atoms with Crippen LogP contribution in [-0.4, -0.2) is 51.0 Å². The summed E-state index contributed by atoms with van der Waals surface area (Å²) in [5, 5.41) is 8.73. The average molecular weight is 399 g/mol. The Hall–Kier alpha value is -2.94. The molecule has 0 radical (unpaired) electrons. The number of aryl methyl sites for hydroxylation is 3. The van der Waals surface area contributed by atoms with Crippen LogP contribution in [0.25, 0.3) is 11.4 Å². The van der Waals surface area contributed by atoms with Crippen molar-refractivity contribution in [3.05, 3.63) is 40.9 Å². The van der Waals surface area contributed by atoms with E-state index >= 15 is 0 Å². The van der Waals surface area contributed by atoms with E-state index in [1.54, 1.807) is 13.4 Å². The summed E-state index contributed by atoms with van der Waals surface area (Å²) in [6.45, 7) is 6.30. The van der Waals surface area contributed by atoms with Crippen molar-refractivity contribution in [1.82, 2.24) is 24.8 Å². The van der Waals surface area contributed by atoms with Gasteiger partial charge in [0.2, 0.25) is 5.91 Å². The first-order chi connectivity index (χ1) is 14.1. The molecule has 0 atom stereocenters. The molecule has 9 nitrogen and oxygen atoms in total. The monoisotopic (exact) mass is 399 g/mol. The molecule has 0 saturated carbocycles. The molecule has 9 heteroatoms. The maximum absolute atomic E-state index is 13.0. The topological polar surface area (TPSA) is 99.4 Å². The number of aromatic nitrogens is 4. The molecule has 0 bridgehead atoms. The van der Waals surface area contributed by atoms with Crippen LogP contribution in [0.1, 0.15) is 34.7 Å². The summed E-state index contributed by atoms with van der Waals surface area (Å²) in [5.74, 6) is 0.756. The van der Waals surface area contributed by atoms with E-state index in [2.05, 4.69) is 10.1 Å². The van der Waals surface area contributed by atoms with Gasteiger partial charge in [0, 0.05) is 56.6 Å². The smallest absolute Gasteiger partial charge is 0.227 e. The van der Waals surface area contributed by atoms with Crippen LogP contribution in [0.4, 0.5) is 0 Å². The first kappa shape index (κ1) is 19.4. The minimum atomic E-state index is 0.0586. The van der Waals surface area contributed by atoms with E-state index < -0.39 is 0 Å². The molecule has 29 heavy (non-hydrogen) atoms. The molecule has 0 aromatic carbocycles. The van der Waals surface area contributed by atoms with Crippen molar-refractivity contribution < 1.29 is 18.5 Å². The second-order valence-corrected chi connectivity index (χ2v) is 7.26. The van der Waals surface area contributed by atoms with Crippen LogP contribution in [-0.2, 0) is 35.5 Å². The van der Waals surface area contributed by atoms with Gasteiger partial charge >= 0.3 is 0 Å². The van der Waals surface area contributed by atoms with Crippen LogP contribution in [0.3, 0.4) is 0 Å². The highest BCUT2D eigenvalue weighted by molar-refractivity contribution is 5.80. The highest BCUT2D eigenvalue weighted by Gasteiger charge is 2.29. The fourth-order valence-corrected chi connectivity index (χ4v) is 3.80. The number of carbonyl (C=O) groups excluding carboxylic acids is 1. The largest absolute Gasteiger partial charge is 0.451 e. The summed E-state index contributed by atoms with van der Waals surface area (Å²) in [4.78, 5) is 19.1. The average Bonchev–Trinajstić information content (AvgIpc) is 3.44. The van der Waals surface area contributed by atoms with Crippen LogP contribution in [0.2, 0.25) is 0 Å². The molecule has 0 unspecified atom stereocenters. The molecule has 4 heterocycles. The van der Waals surface area contributed by atoms with Crippen molar-refractivity contribution in [3.63, 3.8) is 0 Å². The lowest BCUT2D eigenvalue weighted by molar-refractivity contribution is -0.131. The number of oxazole rings is 1. The van der Waals surface area contributed by atoms with E-state index in [4.69, 9.17) is 18.8 Å². The first-order valence-corrected chi connectivity index (χ1v) is 9.74. The summed E-state index contributed by atoms with van der Waals surface area (Å²) in [6, 6.07) is 0. The Morgan fingerprint density at radius 3 is 2.90 bits per heavy atom. The van der Waals surface area contributed by atoms with E-state index in [0.29, 0.717) is 31.2 Å². The summed E-state index contributed by atoms with van der Waals surface area (Å²) in [5.41, 5.74) is 5.29. The molecule has 0 saturated heterocycles. The number of hydrogen-bond donors (Lipinski definition) is 0. The fourth-order valence-electron chi connectivity index (χ4n) is 3.80. The zero-order valence-electron chi connectivity index (χ0n) is 17.0. The Labute approximate surface area is 168 Å². The van der Waals surface area contributed by atoms with Crippen molar-refractivity contribution in [3.8, 4) is 11.4 Å². The maximum atomic E-state index is 13.0. The van der Waals surface area contributed by atoms with Crippen LogP contribution in [0.5, 0.6) is 0 Å². The molecule has 3 aromatic rings. The second-order valence-electron chi connectivity index (χ2n) is 7.26. The summed E-state index contributed by atoms with van der Waals surface area (Å²) < 4.78 is 17.5. The number of ether oxygens (including phenoxy) is 1. The third-order valence-corrected chi connectivity index (χ3v) is 5.39. The molecular formula is C20H25N5O4. The molecule has 154 valence electrons. The van der Waals surface area contributed by atoms with E-state index in [1.807, 2.05) is 23.4 Å². The quantitative estimate of drug-likeness (QED) is 0.562. The van der Waals surface area contributed by atoms with Crippen molar-refractivity contribution in [1.29, 1.82) is 0 Å². The Morgan fingerprint density at radius 2 is 2.21 bits per heavy atom. The second kappa shape index (κ2) is 8.20. The zero-order valence-corrected chi connectivity index (χ0v) is 17.0. The normalized spacial score (nSPS) is 13.7. The highest BCUT2D eigenvalue weighted by Crippen LogP contribution is 2.30. The summed E-state index contributed by atoms with van der Waals surface area (Å²) >= 11 is 0. The predicted molar refractivity (Wildman–Crippen MR) is 103 cm³/mol. The van der Waals surface area contributed by atoms with Crippen LogP contribution in [0.15, 0.2) is 21.6 Å². The standard InChI is InChI=1S/C20H25N5O4/c1-13-15(14(2)29-23-13)9-19(26)24-7-5-18-16(10-24)20(17-11-28-12-21-17)22-25(18)6-4-8-27-3/h11-12H,4-10H2,1-3H3. The van der Waals surface area contributed by atoms with Gasteiger partial charge in [-0.15, -0.1) is 0 Å². The summed E-state index contributed by atoms with van der Waals surface area (Å²) in [6.07, 6.45) is 4.90. The third-order valence-electron chi connectivity index (χ3n) is 5.39. The molecule has 0 aliphatic carbocycles. The van der Waals surface area contributed by atoms with Crippen molar-refractivity contribution >= 4 is 5.91 Å². The number of carbonyl (C=O) groups is 1. The van der Waals surface area contributed by atoms with Gasteiger partial charge < -0.3 is 18.6 Å². The fraction of sp³-hybridized carbons (Fsp3) is 0.500. The summed E-state index contributed by atoms with van der Waals surface area (Å²) in [7, 11) is 1.70. The van der Waals surface area contributed by atoms with Gasteiger partial charge in [-0.25, -0.2) is 4.98 Å². The molecule has 4 rings (SSSR count). The lowest BCUT2D eigenvalue weighted by Crippen LogP contribution is -2.37. The predicted octanol–water partition coefficient (Wildman–Crippen LogP) is 2.31. The Balaban J connectivity index is 1.58.